The molecule has 0 aromatic heterocycles. The lowest BCUT2D eigenvalue weighted by atomic mass is 10.1. The lowest BCUT2D eigenvalue weighted by molar-refractivity contribution is -0.124. The van der Waals surface area contributed by atoms with Crippen molar-refractivity contribution in [1.29, 1.82) is 0 Å². The number of benzene rings is 2. The van der Waals surface area contributed by atoms with Gasteiger partial charge >= 0.3 is 0 Å². The molecule has 1 amide bonds. The first kappa shape index (κ1) is 16.0. The molecule has 1 unspecified atom stereocenters. The maximum absolute atomic E-state index is 12.5. The minimum absolute atomic E-state index is 0.0673. The summed E-state index contributed by atoms with van der Waals surface area (Å²) in [6, 6.07) is 16.2. The molecule has 1 saturated heterocycles. The Kier molecular flexibility index (Phi) is 4.57. The summed E-state index contributed by atoms with van der Waals surface area (Å²) in [4.78, 5) is 14.8. The molecule has 0 saturated carbocycles. The summed E-state index contributed by atoms with van der Waals surface area (Å²) in [5.41, 5.74) is 2.32. The molecule has 5 nitrogen and oxygen atoms in total. The number of carbonyl (C=O) groups is 1. The highest BCUT2D eigenvalue weighted by Crippen LogP contribution is 2.32. The molecule has 4 rings (SSSR count). The van der Waals surface area contributed by atoms with E-state index in [1.54, 1.807) is 0 Å². The summed E-state index contributed by atoms with van der Waals surface area (Å²) in [6.45, 7) is 3.49. The van der Waals surface area contributed by atoms with Crippen LogP contribution in [0.15, 0.2) is 48.5 Å². The Morgan fingerprint density at radius 3 is 2.80 bits per heavy atom. The van der Waals surface area contributed by atoms with Crippen molar-refractivity contribution in [2.24, 2.45) is 5.92 Å². The van der Waals surface area contributed by atoms with Crippen molar-refractivity contribution in [2.45, 2.75) is 19.5 Å². The number of rotatable bonds is 5. The van der Waals surface area contributed by atoms with E-state index in [4.69, 9.17) is 9.47 Å². The van der Waals surface area contributed by atoms with Crippen molar-refractivity contribution in [3.8, 4) is 11.5 Å². The Bertz CT molecular complexity index is 748. The molecule has 130 valence electrons. The SMILES string of the molecule is O=C(NCc1ccc2c(c1)OCO2)C1CCN(Cc2ccccc2)C1. The van der Waals surface area contributed by atoms with Crippen molar-refractivity contribution in [3.05, 3.63) is 59.7 Å². The average Bonchev–Trinajstić information content (AvgIpc) is 3.29. The van der Waals surface area contributed by atoms with Gasteiger partial charge in [-0.2, -0.15) is 0 Å². The van der Waals surface area contributed by atoms with Gasteiger partial charge in [-0.05, 0) is 36.2 Å². The van der Waals surface area contributed by atoms with Crippen molar-refractivity contribution >= 4 is 5.91 Å². The van der Waals surface area contributed by atoms with Crippen molar-refractivity contribution in [2.75, 3.05) is 19.9 Å². The van der Waals surface area contributed by atoms with Gasteiger partial charge in [-0.25, -0.2) is 0 Å². The van der Waals surface area contributed by atoms with Gasteiger partial charge in [0.25, 0.3) is 0 Å². The Morgan fingerprint density at radius 2 is 1.92 bits per heavy atom. The largest absolute Gasteiger partial charge is 0.454 e. The van der Waals surface area contributed by atoms with E-state index in [1.165, 1.54) is 5.56 Å². The highest BCUT2D eigenvalue weighted by atomic mass is 16.7. The van der Waals surface area contributed by atoms with Crippen LogP contribution in [0.1, 0.15) is 17.5 Å². The highest BCUT2D eigenvalue weighted by molar-refractivity contribution is 5.79. The predicted octanol–water partition coefficient (Wildman–Crippen LogP) is 2.55. The molecule has 1 fully saturated rings. The van der Waals surface area contributed by atoms with Gasteiger partial charge in [-0.15, -0.1) is 0 Å². The summed E-state index contributed by atoms with van der Waals surface area (Å²) in [7, 11) is 0. The summed E-state index contributed by atoms with van der Waals surface area (Å²) in [5, 5.41) is 3.05. The van der Waals surface area contributed by atoms with Gasteiger partial charge in [-0.3, -0.25) is 9.69 Å². The summed E-state index contributed by atoms with van der Waals surface area (Å²) in [6.07, 6.45) is 0.916. The van der Waals surface area contributed by atoms with E-state index in [0.717, 1.165) is 43.1 Å². The fraction of sp³-hybridized carbons (Fsp3) is 0.350. The quantitative estimate of drug-likeness (QED) is 0.910. The van der Waals surface area contributed by atoms with E-state index in [1.807, 2.05) is 24.3 Å². The third kappa shape index (κ3) is 3.77. The van der Waals surface area contributed by atoms with Gasteiger partial charge in [0, 0.05) is 19.6 Å². The molecule has 1 atom stereocenters. The molecule has 2 heterocycles. The van der Waals surface area contributed by atoms with Crippen LogP contribution in [-0.4, -0.2) is 30.7 Å². The first-order valence-electron chi connectivity index (χ1n) is 8.70. The van der Waals surface area contributed by atoms with E-state index in [2.05, 4.69) is 34.5 Å². The van der Waals surface area contributed by atoms with E-state index in [0.29, 0.717) is 6.54 Å². The lowest BCUT2D eigenvalue weighted by Gasteiger charge is -2.16. The molecule has 5 heteroatoms. The molecule has 0 aliphatic carbocycles. The molecule has 25 heavy (non-hydrogen) atoms. The van der Waals surface area contributed by atoms with Gasteiger partial charge in [0.05, 0.1) is 5.92 Å². The number of ether oxygens (including phenoxy) is 2. The maximum atomic E-state index is 12.5. The molecule has 0 spiro atoms. The zero-order chi connectivity index (χ0) is 17.1. The van der Waals surface area contributed by atoms with Crippen LogP contribution in [0.25, 0.3) is 0 Å². The normalized spacial score (nSPS) is 19.1. The van der Waals surface area contributed by atoms with Crippen molar-refractivity contribution < 1.29 is 14.3 Å². The van der Waals surface area contributed by atoms with Gasteiger partial charge < -0.3 is 14.8 Å². The third-order valence-electron chi connectivity index (χ3n) is 4.80. The van der Waals surface area contributed by atoms with Crippen LogP contribution < -0.4 is 14.8 Å². The second kappa shape index (κ2) is 7.15. The number of nitrogens with one attached hydrogen (secondary N) is 1. The van der Waals surface area contributed by atoms with E-state index in [-0.39, 0.29) is 18.6 Å². The third-order valence-corrected chi connectivity index (χ3v) is 4.80. The number of hydrogen-bond acceptors (Lipinski definition) is 4. The van der Waals surface area contributed by atoms with Crippen LogP contribution in [0.4, 0.5) is 0 Å². The first-order valence-corrected chi connectivity index (χ1v) is 8.70. The minimum Gasteiger partial charge on any atom is -0.454 e. The number of likely N-dealkylation sites (tertiary alicyclic amines) is 1. The van der Waals surface area contributed by atoms with Crippen LogP contribution >= 0.6 is 0 Å². The van der Waals surface area contributed by atoms with Crippen LogP contribution in [-0.2, 0) is 17.9 Å². The molecule has 1 N–H and O–H groups in total. The van der Waals surface area contributed by atoms with Gasteiger partial charge in [0.2, 0.25) is 12.7 Å². The number of hydrogen-bond donors (Lipinski definition) is 1. The molecule has 2 aliphatic heterocycles. The summed E-state index contributed by atoms with van der Waals surface area (Å²) < 4.78 is 10.7. The van der Waals surface area contributed by atoms with Crippen molar-refractivity contribution in [3.63, 3.8) is 0 Å². The zero-order valence-electron chi connectivity index (χ0n) is 14.1. The van der Waals surface area contributed by atoms with Crippen LogP contribution in [0.3, 0.4) is 0 Å². The fourth-order valence-corrected chi connectivity index (χ4v) is 3.42. The molecular formula is C20H22N2O3. The Balaban J connectivity index is 1.27. The summed E-state index contributed by atoms with van der Waals surface area (Å²) in [5.74, 6) is 1.72. The van der Waals surface area contributed by atoms with Gasteiger partial charge in [0.1, 0.15) is 0 Å². The van der Waals surface area contributed by atoms with E-state index < -0.39 is 0 Å². The molecule has 2 aliphatic rings. The molecule has 2 aromatic carbocycles. The predicted molar refractivity (Wildman–Crippen MR) is 94.2 cm³/mol. The van der Waals surface area contributed by atoms with Crippen LogP contribution in [0, 0.1) is 5.92 Å². The second-order valence-electron chi connectivity index (χ2n) is 6.61. The monoisotopic (exact) mass is 338 g/mol. The average molecular weight is 338 g/mol. The Labute approximate surface area is 147 Å². The molecule has 0 radical (unpaired) electrons. The number of carbonyl (C=O) groups excluding carboxylic acids is 1. The topological polar surface area (TPSA) is 50.8 Å². The summed E-state index contributed by atoms with van der Waals surface area (Å²) >= 11 is 0. The number of nitrogens with zero attached hydrogens (tertiary/aromatic N) is 1. The Morgan fingerprint density at radius 1 is 1.08 bits per heavy atom. The minimum atomic E-state index is 0.0673. The standard InChI is InChI=1S/C20H22N2O3/c23-20(21-11-16-6-7-18-19(10-16)25-14-24-18)17-8-9-22(13-17)12-15-4-2-1-3-5-15/h1-7,10,17H,8-9,11-14H2,(H,21,23). The van der Waals surface area contributed by atoms with E-state index in [9.17, 15) is 4.79 Å². The molecular weight excluding hydrogens is 316 g/mol. The smallest absolute Gasteiger partial charge is 0.231 e. The fourth-order valence-electron chi connectivity index (χ4n) is 3.42. The number of amides is 1. The van der Waals surface area contributed by atoms with Gasteiger partial charge in [-0.1, -0.05) is 36.4 Å². The molecule has 2 aromatic rings. The zero-order valence-corrected chi connectivity index (χ0v) is 14.1. The van der Waals surface area contributed by atoms with Crippen LogP contribution in [0.5, 0.6) is 11.5 Å². The van der Waals surface area contributed by atoms with Gasteiger partial charge in [0.15, 0.2) is 11.5 Å². The lowest BCUT2D eigenvalue weighted by Crippen LogP contribution is -2.32. The Hall–Kier alpha value is -2.53. The number of fused-ring (bicyclic) bond motifs is 1. The van der Waals surface area contributed by atoms with E-state index >= 15 is 0 Å². The second-order valence-corrected chi connectivity index (χ2v) is 6.61. The van der Waals surface area contributed by atoms with Crippen molar-refractivity contribution in [1.82, 2.24) is 10.2 Å². The highest BCUT2D eigenvalue weighted by Gasteiger charge is 2.28. The molecule has 0 bridgehead atoms. The maximum Gasteiger partial charge on any atom is 0.231 e. The van der Waals surface area contributed by atoms with Crippen LogP contribution in [0.2, 0.25) is 0 Å². The first-order chi connectivity index (χ1) is 12.3.